The largest absolute Gasteiger partial charge is 1.00 e. The number of hydrogen-bond acceptors (Lipinski definition) is 0. The molecule has 0 bridgehead atoms. The number of likely N-dealkylation sites (N-methyl/N-ethyl adjacent to an activating group) is 1. The third-order valence-corrected chi connectivity index (χ3v) is 6.72. The van der Waals surface area contributed by atoms with Crippen LogP contribution in [0.2, 0.25) is 0 Å². The Morgan fingerprint density at radius 3 is 1.48 bits per heavy atom. The minimum atomic E-state index is 0. The Bertz CT molecular complexity index is 501. The summed E-state index contributed by atoms with van der Waals surface area (Å²) in [7, 11) is 2.33. The van der Waals surface area contributed by atoms with Crippen LogP contribution in [0.4, 0.5) is 0 Å². The molecule has 1 aromatic rings. The van der Waals surface area contributed by atoms with Gasteiger partial charge in [0.2, 0.25) is 0 Å². The summed E-state index contributed by atoms with van der Waals surface area (Å²) in [6, 6.07) is 10.9. The predicted octanol–water partition coefficient (Wildman–Crippen LogP) is 6.08. The first kappa shape index (κ1) is 30.2. The molecule has 2 heteroatoms. The van der Waals surface area contributed by atoms with Crippen molar-refractivity contribution in [1.29, 1.82) is 0 Å². The molecule has 0 aliphatic carbocycles. The number of benzene rings is 1. The standard InChI is InChI=1S/C29H52N.ClH/c1-4-6-7-8-9-10-11-12-13-14-15-16-17-18-19-23-27-30(3,5-2)28-26-29-24-21-20-22-25-29;/h5,20-22,24-25H,2,4,6-19,23,26-28H2,1,3H3;1H/q+1;/p-1. The van der Waals surface area contributed by atoms with Crippen LogP contribution in [0.25, 0.3) is 0 Å². The molecule has 0 saturated heterocycles. The van der Waals surface area contributed by atoms with Crippen molar-refractivity contribution in [3.05, 3.63) is 48.7 Å². The van der Waals surface area contributed by atoms with E-state index in [0.29, 0.717) is 0 Å². The molecule has 180 valence electrons. The van der Waals surface area contributed by atoms with Crippen LogP contribution in [-0.2, 0) is 6.42 Å². The second-order valence-corrected chi connectivity index (χ2v) is 9.65. The van der Waals surface area contributed by atoms with Gasteiger partial charge in [0.05, 0.1) is 26.3 Å². The van der Waals surface area contributed by atoms with E-state index in [-0.39, 0.29) is 12.4 Å². The predicted molar refractivity (Wildman–Crippen MR) is 136 cm³/mol. The molecular formula is C29H52ClN. The SMILES string of the molecule is C=C[N+](C)(CCCCCCCCCCCCCCCCCC)CCc1ccccc1.[Cl-]. The molecule has 0 fully saturated rings. The van der Waals surface area contributed by atoms with E-state index in [4.69, 9.17) is 0 Å². The van der Waals surface area contributed by atoms with Crippen molar-refractivity contribution in [3.8, 4) is 0 Å². The number of nitrogens with zero attached hydrogens (tertiary/aromatic N) is 1. The summed E-state index contributed by atoms with van der Waals surface area (Å²) in [4.78, 5) is 0. The first-order chi connectivity index (χ1) is 14.7. The van der Waals surface area contributed by atoms with Crippen LogP contribution < -0.4 is 12.4 Å². The molecular weight excluding hydrogens is 398 g/mol. The summed E-state index contributed by atoms with van der Waals surface area (Å²) in [6.07, 6.45) is 26.2. The molecule has 0 N–H and O–H groups in total. The first-order valence-corrected chi connectivity index (χ1v) is 13.2. The van der Waals surface area contributed by atoms with Crippen molar-refractivity contribution in [1.82, 2.24) is 0 Å². The number of rotatable bonds is 21. The Balaban J connectivity index is 0.00000900. The molecule has 0 aliphatic heterocycles. The van der Waals surface area contributed by atoms with Gasteiger partial charge in [-0.2, -0.15) is 0 Å². The zero-order chi connectivity index (χ0) is 21.8. The maximum absolute atomic E-state index is 4.11. The molecule has 0 spiro atoms. The lowest BCUT2D eigenvalue weighted by Crippen LogP contribution is -3.00. The maximum atomic E-state index is 4.11. The number of unbranched alkanes of at least 4 members (excludes halogenated alkanes) is 15. The Kier molecular flexibility index (Phi) is 20.5. The number of quaternary nitrogens is 1. The molecule has 0 aromatic heterocycles. The van der Waals surface area contributed by atoms with Crippen molar-refractivity contribution in [2.75, 3.05) is 20.1 Å². The van der Waals surface area contributed by atoms with Gasteiger partial charge in [0.25, 0.3) is 0 Å². The van der Waals surface area contributed by atoms with Crippen LogP contribution in [0.15, 0.2) is 43.1 Å². The molecule has 1 aromatic carbocycles. The van der Waals surface area contributed by atoms with Crippen LogP contribution in [-0.4, -0.2) is 24.6 Å². The van der Waals surface area contributed by atoms with Crippen LogP contribution in [0.1, 0.15) is 115 Å². The fourth-order valence-corrected chi connectivity index (χ4v) is 4.34. The molecule has 1 nitrogen and oxygen atoms in total. The average Bonchev–Trinajstić information content (AvgIpc) is 2.78. The van der Waals surface area contributed by atoms with Gasteiger partial charge < -0.3 is 12.4 Å². The number of hydrogen-bond donors (Lipinski definition) is 0. The zero-order valence-corrected chi connectivity index (χ0v) is 21.7. The van der Waals surface area contributed by atoms with Crippen LogP contribution in [0.5, 0.6) is 0 Å². The van der Waals surface area contributed by atoms with E-state index in [1.807, 2.05) is 0 Å². The summed E-state index contributed by atoms with van der Waals surface area (Å²) in [5.41, 5.74) is 1.44. The molecule has 31 heavy (non-hydrogen) atoms. The lowest BCUT2D eigenvalue weighted by molar-refractivity contribution is -0.859. The molecule has 1 atom stereocenters. The van der Waals surface area contributed by atoms with Gasteiger partial charge in [-0.25, -0.2) is 0 Å². The summed E-state index contributed by atoms with van der Waals surface area (Å²) < 4.78 is 0.994. The Hall–Kier alpha value is -0.790. The first-order valence-electron chi connectivity index (χ1n) is 13.2. The lowest BCUT2D eigenvalue weighted by atomic mass is 10.0. The van der Waals surface area contributed by atoms with Gasteiger partial charge >= 0.3 is 0 Å². The second-order valence-electron chi connectivity index (χ2n) is 9.65. The highest BCUT2D eigenvalue weighted by molar-refractivity contribution is 5.14. The van der Waals surface area contributed by atoms with E-state index in [2.05, 4.69) is 57.1 Å². The monoisotopic (exact) mass is 449 g/mol. The van der Waals surface area contributed by atoms with E-state index in [0.717, 1.165) is 17.4 Å². The quantitative estimate of drug-likeness (QED) is 0.157. The summed E-state index contributed by atoms with van der Waals surface area (Å²) >= 11 is 0. The second kappa shape index (κ2) is 21.1. The third-order valence-electron chi connectivity index (χ3n) is 6.72. The topological polar surface area (TPSA) is 0 Å². The van der Waals surface area contributed by atoms with Gasteiger partial charge in [-0.05, 0) is 25.0 Å². The van der Waals surface area contributed by atoms with E-state index >= 15 is 0 Å². The van der Waals surface area contributed by atoms with Crippen molar-refractivity contribution in [2.24, 2.45) is 0 Å². The maximum Gasteiger partial charge on any atom is 0.0883 e. The van der Waals surface area contributed by atoms with Gasteiger partial charge in [-0.3, -0.25) is 4.48 Å². The summed E-state index contributed by atoms with van der Waals surface area (Å²) in [5, 5.41) is 0. The summed E-state index contributed by atoms with van der Waals surface area (Å²) in [5.74, 6) is 0. The molecule has 0 saturated carbocycles. The fraction of sp³-hybridized carbons (Fsp3) is 0.724. The van der Waals surface area contributed by atoms with Gasteiger partial charge in [0.15, 0.2) is 0 Å². The molecule has 1 unspecified atom stereocenters. The highest BCUT2D eigenvalue weighted by Crippen LogP contribution is 2.15. The van der Waals surface area contributed by atoms with E-state index < -0.39 is 0 Å². The van der Waals surface area contributed by atoms with Crippen molar-refractivity contribution in [3.63, 3.8) is 0 Å². The van der Waals surface area contributed by atoms with Crippen LogP contribution >= 0.6 is 0 Å². The molecule has 0 aliphatic rings. The number of halogens is 1. The average molecular weight is 450 g/mol. The minimum absolute atomic E-state index is 0. The van der Waals surface area contributed by atoms with Crippen LogP contribution in [0.3, 0.4) is 0 Å². The molecule has 0 amide bonds. The summed E-state index contributed by atoms with van der Waals surface area (Å²) in [6.45, 7) is 8.80. The van der Waals surface area contributed by atoms with Gasteiger partial charge in [0, 0.05) is 6.42 Å². The van der Waals surface area contributed by atoms with E-state index in [1.165, 1.54) is 115 Å². The van der Waals surface area contributed by atoms with Gasteiger partial charge in [-0.1, -0.05) is 127 Å². The minimum Gasteiger partial charge on any atom is -1.00 e. The lowest BCUT2D eigenvalue weighted by Gasteiger charge is -2.30. The zero-order valence-electron chi connectivity index (χ0n) is 20.9. The molecule has 0 heterocycles. The van der Waals surface area contributed by atoms with E-state index in [9.17, 15) is 0 Å². The van der Waals surface area contributed by atoms with Gasteiger partial charge in [-0.15, -0.1) is 0 Å². The highest BCUT2D eigenvalue weighted by atomic mass is 35.5. The Morgan fingerprint density at radius 2 is 1.06 bits per heavy atom. The van der Waals surface area contributed by atoms with Gasteiger partial charge in [0.1, 0.15) is 0 Å². The van der Waals surface area contributed by atoms with Crippen molar-refractivity contribution < 1.29 is 16.9 Å². The van der Waals surface area contributed by atoms with E-state index in [1.54, 1.807) is 0 Å². The van der Waals surface area contributed by atoms with Crippen molar-refractivity contribution >= 4 is 0 Å². The normalized spacial score (nSPS) is 12.8. The van der Waals surface area contributed by atoms with Crippen molar-refractivity contribution in [2.45, 2.75) is 116 Å². The smallest absolute Gasteiger partial charge is 0.0883 e. The highest BCUT2D eigenvalue weighted by Gasteiger charge is 2.16. The Labute approximate surface area is 201 Å². The molecule has 0 radical (unpaired) electrons. The molecule has 1 rings (SSSR count). The Morgan fingerprint density at radius 1 is 0.645 bits per heavy atom. The fourth-order valence-electron chi connectivity index (χ4n) is 4.34. The third kappa shape index (κ3) is 17.4. The van der Waals surface area contributed by atoms with Crippen LogP contribution in [0, 0.1) is 0 Å².